The van der Waals surface area contributed by atoms with Crippen LogP contribution in [0.3, 0.4) is 0 Å². The van der Waals surface area contributed by atoms with Gasteiger partial charge in [0.2, 0.25) is 0 Å². The standard InChI is InChI=1S/C9H7N3O2S/c1-14-9(13)7-8(15-12-11-7)6-2-4-10-5-3-6/h2-5H,1H3. The number of hydrogen-bond donors (Lipinski definition) is 0. The van der Waals surface area contributed by atoms with Gasteiger partial charge in [0.05, 0.1) is 12.0 Å². The summed E-state index contributed by atoms with van der Waals surface area (Å²) in [7, 11) is 1.32. The lowest BCUT2D eigenvalue weighted by Gasteiger charge is -1.98. The Morgan fingerprint density at radius 1 is 1.40 bits per heavy atom. The molecule has 0 atom stereocenters. The van der Waals surface area contributed by atoms with Gasteiger partial charge in [-0.25, -0.2) is 4.79 Å². The van der Waals surface area contributed by atoms with Crippen LogP contribution in [-0.4, -0.2) is 27.7 Å². The number of esters is 1. The van der Waals surface area contributed by atoms with E-state index in [2.05, 4.69) is 19.3 Å². The molecule has 2 rings (SSSR count). The van der Waals surface area contributed by atoms with Crippen molar-refractivity contribution in [2.75, 3.05) is 7.11 Å². The lowest BCUT2D eigenvalue weighted by molar-refractivity contribution is 0.0595. The van der Waals surface area contributed by atoms with Crippen molar-refractivity contribution in [3.63, 3.8) is 0 Å². The Balaban J connectivity index is 2.46. The van der Waals surface area contributed by atoms with Gasteiger partial charge in [-0.2, -0.15) is 0 Å². The zero-order valence-electron chi connectivity index (χ0n) is 7.88. The van der Waals surface area contributed by atoms with Crippen LogP contribution >= 0.6 is 11.5 Å². The molecule has 2 aromatic heterocycles. The molecule has 0 amide bonds. The number of rotatable bonds is 2. The van der Waals surface area contributed by atoms with Crippen molar-refractivity contribution >= 4 is 17.5 Å². The lowest BCUT2D eigenvalue weighted by atomic mass is 10.2. The van der Waals surface area contributed by atoms with Crippen molar-refractivity contribution in [2.24, 2.45) is 0 Å². The summed E-state index contributed by atoms with van der Waals surface area (Å²) < 4.78 is 8.34. The van der Waals surface area contributed by atoms with Crippen LogP contribution in [0.5, 0.6) is 0 Å². The molecule has 0 radical (unpaired) electrons. The average Bonchev–Trinajstić information content (AvgIpc) is 2.78. The predicted octanol–water partition coefficient (Wildman–Crippen LogP) is 1.39. The van der Waals surface area contributed by atoms with Crippen LogP contribution < -0.4 is 0 Å². The van der Waals surface area contributed by atoms with E-state index in [4.69, 9.17) is 0 Å². The topological polar surface area (TPSA) is 65.0 Å². The van der Waals surface area contributed by atoms with Crippen LogP contribution in [0.1, 0.15) is 10.5 Å². The summed E-state index contributed by atoms with van der Waals surface area (Å²) in [4.78, 5) is 15.9. The Kier molecular flexibility index (Phi) is 2.68. The third kappa shape index (κ3) is 1.84. The van der Waals surface area contributed by atoms with Gasteiger partial charge in [0.1, 0.15) is 0 Å². The number of nitrogens with zero attached hydrogens (tertiary/aromatic N) is 3. The highest BCUT2D eigenvalue weighted by Gasteiger charge is 2.17. The number of aromatic nitrogens is 3. The molecule has 2 heterocycles. The number of pyridine rings is 1. The minimum Gasteiger partial charge on any atom is -0.464 e. The molecular weight excluding hydrogens is 214 g/mol. The molecule has 5 nitrogen and oxygen atoms in total. The number of carbonyl (C=O) groups is 1. The van der Waals surface area contributed by atoms with Crippen molar-refractivity contribution in [3.05, 3.63) is 30.2 Å². The van der Waals surface area contributed by atoms with Crippen molar-refractivity contribution in [1.29, 1.82) is 0 Å². The summed E-state index contributed by atoms with van der Waals surface area (Å²) in [5.41, 5.74) is 1.11. The van der Waals surface area contributed by atoms with E-state index in [1.165, 1.54) is 7.11 Å². The lowest BCUT2D eigenvalue weighted by Crippen LogP contribution is -2.03. The highest BCUT2D eigenvalue weighted by molar-refractivity contribution is 7.09. The van der Waals surface area contributed by atoms with Gasteiger partial charge in [-0.05, 0) is 29.2 Å². The van der Waals surface area contributed by atoms with Gasteiger partial charge in [0.25, 0.3) is 0 Å². The molecule has 0 saturated carbocycles. The van der Waals surface area contributed by atoms with Crippen molar-refractivity contribution in [1.82, 2.24) is 14.6 Å². The Hall–Kier alpha value is -1.82. The maximum atomic E-state index is 11.3. The molecule has 0 saturated heterocycles. The highest BCUT2D eigenvalue weighted by Crippen LogP contribution is 2.25. The van der Waals surface area contributed by atoms with Gasteiger partial charge in [0, 0.05) is 12.4 Å². The summed E-state index contributed by atoms with van der Waals surface area (Å²) in [6.45, 7) is 0. The zero-order valence-corrected chi connectivity index (χ0v) is 8.69. The van der Waals surface area contributed by atoms with Gasteiger partial charge in [-0.1, -0.05) is 4.49 Å². The predicted molar refractivity (Wildman–Crippen MR) is 54.5 cm³/mol. The first-order chi connectivity index (χ1) is 7.33. The Morgan fingerprint density at radius 3 is 2.80 bits per heavy atom. The highest BCUT2D eigenvalue weighted by atomic mass is 32.1. The van der Waals surface area contributed by atoms with E-state index in [9.17, 15) is 4.79 Å². The first-order valence-corrected chi connectivity index (χ1v) is 4.91. The second kappa shape index (κ2) is 4.14. The van der Waals surface area contributed by atoms with Crippen LogP contribution in [0.25, 0.3) is 10.4 Å². The molecule has 0 N–H and O–H groups in total. The first-order valence-electron chi connectivity index (χ1n) is 4.14. The van der Waals surface area contributed by atoms with Gasteiger partial charge >= 0.3 is 5.97 Å². The van der Waals surface area contributed by atoms with E-state index in [0.29, 0.717) is 4.88 Å². The van der Waals surface area contributed by atoms with Crippen molar-refractivity contribution in [2.45, 2.75) is 0 Å². The molecule has 0 aromatic carbocycles. The smallest absolute Gasteiger partial charge is 0.360 e. The molecule has 0 aliphatic carbocycles. The first kappa shape index (κ1) is 9.72. The second-order valence-corrected chi connectivity index (χ2v) is 3.43. The molecule has 0 aliphatic rings. The molecule has 0 spiro atoms. The third-order valence-corrected chi connectivity index (χ3v) is 2.58. The average molecular weight is 221 g/mol. The maximum absolute atomic E-state index is 11.3. The van der Waals surface area contributed by atoms with Gasteiger partial charge in [-0.15, -0.1) is 5.10 Å². The summed E-state index contributed by atoms with van der Waals surface area (Å²) in [6.07, 6.45) is 3.30. The SMILES string of the molecule is COC(=O)c1nnsc1-c1ccncc1. The maximum Gasteiger partial charge on any atom is 0.360 e. The normalized spacial score (nSPS) is 9.93. The Bertz CT molecular complexity index is 469. The number of ether oxygens (including phenoxy) is 1. The number of hydrogen-bond acceptors (Lipinski definition) is 6. The van der Waals surface area contributed by atoms with E-state index < -0.39 is 5.97 Å². The van der Waals surface area contributed by atoms with E-state index >= 15 is 0 Å². The summed E-state index contributed by atoms with van der Waals surface area (Å²) in [5.74, 6) is -0.476. The molecular formula is C9H7N3O2S. The Labute approximate surface area is 89.9 Å². The van der Waals surface area contributed by atoms with Crippen molar-refractivity contribution < 1.29 is 9.53 Å². The Morgan fingerprint density at radius 2 is 2.13 bits per heavy atom. The number of carbonyl (C=O) groups excluding carboxylic acids is 1. The number of methoxy groups -OCH3 is 1. The zero-order chi connectivity index (χ0) is 10.7. The monoisotopic (exact) mass is 221 g/mol. The van der Waals surface area contributed by atoms with Crippen LogP contribution in [0.4, 0.5) is 0 Å². The summed E-state index contributed by atoms with van der Waals surface area (Å²) >= 11 is 1.16. The van der Waals surface area contributed by atoms with Crippen molar-refractivity contribution in [3.8, 4) is 10.4 Å². The van der Waals surface area contributed by atoms with E-state index in [1.807, 2.05) is 0 Å². The fourth-order valence-electron chi connectivity index (χ4n) is 1.11. The van der Waals surface area contributed by atoms with E-state index in [-0.39, 0.29) is 5.69 Å². The fraction of sp³-hybridized carbons (Fsp3) is 0.111. The van der Waals surface area contributed by atoms with Crippen LogP contribution in [0.15, 0.2) is 24.5 Å². The van der Waals surface area contributed by atoms with Crippen LogP contribution in [0.2, 0.25) is 0 Å². The second-order valence-electron chi connectivity index (χ2n) is 2.68. The third-order valence-electron chi connectivity index (χ3n) is 1.81. The van der Waals surface area contributed by atoms with E-state index in [1.54, 1.807) is 24.5 Å². The quantitative estimate of drug-likeness (QED) is 0.717. The minimum atomic E-state index is -0.476. The molecule has 0 fully saturated rings. The van der Waals surface area contributed by atoms with Crippen LogP contribution in [-0.2, 0) is 4.74 Å². The van der Waals surface area contributed by atoms with Gasteiger partial charge in [-0.3, -0.25) is 4.98 Å². The van der Waals surface area contributed by atoms with Gasteiger partial charge in [0.15, 0.2) is 5.69 Å². The molecule has 0 unspecified atom stereocenters. The molecule has 6 heteroatoms. The van der Waals surface area contributed by atoms with Gasteiger partial charge < -0.3 is 4.74 Å². The van der Waals surface area contributed by atoms with Crippen LogP contribution in [0, 0.1) is 0 Å². The fourth-order valence-corrected chi connectivity index (χ4v) is 1.77. The molecule has 76 valence electrons. The van der Waals surface area contributed by atoms with E-state index in [0.717, 1.165) is 17.1 Å². The molecule has 2 aromatic rings. The molecule has 0 bridgehead atoms. The summed E-state index contributed by atoms with van der Waals surface area (Å²) in [5, 5.41) is 3.74. The largest absolute Gasteiger partial charge is 0.464 e. The minimum absolute atomic E-state index is 0.244. The molecule has 0 aliphatic heterocycles. The molecule has 15 heavy (non-hydrogen) atoms. The summed E-state index contributed by atoms with van der Waals surface area (Å²) in [6, 6.07) is 3.59.